The lowest BCUT2D eigenvalue weighted by atomic mass is 10.1. The van der Waals surface area contributed by atoms with E-state index in [2.05, 4.69) is 10.3 Å². The first-order valence-electron chi connectivity index (χ1n) is 6.46. The molecule has 0 bridgehead atoms. The quantitative estimate of drug-likeness (QED) is 0.909. The van der Waals surface area contributed by atoms with Gasteiger partial charge in [0.25, 0.3) is 0 Å². The molecule has 0 radical (unpaired) electrons. The van der Waals surface area contributed by atoms with E-state index in [1.54, 1.807) is 13.8 Å². The number of aryl methyl sites for hydroxylation is 2. The van der Waals surface area contributed by atoms with Crippen LogP contribution in [0.25, 0.3) is 0 Å². The Bertz CT molecular complexity index is 677. The lowest BCUT2D eigenvalue weighted by Gasteiger charge is -2.10. The predicted octanol–water partition coefficient (Wildman–Crippen LogP) is 3.20. The van der Waals surface area contributed by atoms with Gasteiger partial charge in [0.15, 0.2) is 0 Å². The molecule has 1 atom stereocenters. The molecule has 0 aliphatic carbocycles. The number of carbonyl (C=O) groups is 2. The summed E-state index contributed by atoms with van der Waals surface area (Å²) in [4.78, 5) is 27.6. The number of carboxylic acid groups (broad SMARTS) is 1. The summed E-state index contributed by atoms with van der Waals surface area (Å²) < 4.78 is 0. The Hall–Kier alpha value is -2.21. The minimum atomic E-state index is -1.01. The monoisotopic (exact) mass is 304 g/mol. The number of hydrogen-bond acceptors (Lipinski definition) is 4. The number of anilines is 1. The lowest BCUT2D eigenvalue weighted by molar-refractivity contribution is -0.117. The number of hydrogen-bond donors (Lipinski definition) is 2. The number of thiazole rings is 1. The van der Waals surface area contributed by atoms with Crippen molar-refractivity contribution >= 4 is 28.9 Å². The normalized spacial score (nSPS) is 12.0. The zero-order valence-corrected chi connectivity index (χ0v) is 12.8. The Kier molecular flexibility index (Phi) is 4.37. The van der Waals surface area contributed by atoms with Crippen molar-refractivity contribution in [2.45, 2.75) is 26.7 Å². The first-order chi connectivity index (χ1) is 9.88. The first kappa shape index (κ1) is 15.2. The van der Waals surface area contributed by atoms with Crippen molar-refractivity contribution in [2.75, 3.05) is 5.32 Å². The molecule has 0 spiro atoms. The SMILES string of the molecule is Cc1ccc(NC(=O)C(C)c2nc(C)c(C(=O)O)s2)cc1. The fourth-order valence-corrected chi connectivity index (χ4v) is 2.76. The van der Waals surface area contributed by atoms with Crippen LogP contribution in [-0.2, 0) is 4.79 Å². The van der Waals surface area contributed by atoms with Gasteiger partial charge >= 0.3 is 5.97 Å². The second-order valence-corrected chi connectivity index (χ2v) is 5.88. The largest absolute Gasteiger partial charge is 0.477 e. The van der Waals surface area contributed by atoms with Gasteiger partial charge in [-0.15, -0.1) is 11.3 Å². The molecule has 21 heavy (non-hydrogen) atoms. The molecule has 0 aliphatic rings. The maximum atomic E-state index is 12.2. The molecule has 1 unspecified atom stereocenters. The van der Waals surface area contributed by atoms with Crippen LogP contribution < -0.4 is 5.32 Å². The van der Waals surface area contributed by atoms with Gasteiger partial charge in [0, 0.05) is 5.69 Å². The molecule has 110 valence electrons. The summed E-state index contributed by atoms with van der Waals surface area (Å²) in [6.45, 7) is 5.32. The fourth-order valence-electron chi connectivity index (χ4n) is 1.80. The van der Waals surface area contributed by atoms with E-state index in [1.807, 2.05) is 31.2 Å². The van der Waals surface area contributed by atoms with Crippen molar-refractivity contribution in [3.05, 3.63) is 45.4 Å². The third kappa shape index (κ3) is 3.46. The van der Waals surface area contributed by atoms with E-state index in [-0.39, 0.29) is 10.8 Å². The van der Waals surface area contributed by atoms with Crippen LogP contribution in [0.1, 0.15) is 38.8 Å². The second-order valence-electron chi connectivity index (χ2n) is 4.85. The molecule has 0 aliphatic heterocycles. The summed E-state index contributed by atoms with van der Waals surface area (Å²) >= 11 is 1.05. The first-order valence-corrected chi connectivity index (χ1v) is 7.28. The second kappa shape index (κ2) is 6.05. The molecule has 1 heterocycles. The van der Waals surface area contributed by atoms with Gasteiger partial charge in [-0.2, -0.15) is 0 Å². The van der Waals surface area contributed by atoms with Gasteiger partial charge in [0.05, 0.1) is 11.6 Å². The highest BCUT2D eigenvalue weighted by Gasteiger charge is 2.22. The molecule has 1 amide bonds. The maximum absolute atomic E-state index is 12.2. The zero-order chi connectivity index (χ0) is 15.6. The summed E-state index contributed by atoms with van der Waals surface area (Å²) in [6, 6.07) is 7.48. The van der Waals surface area contributed by atoms with Crippen molar-refractivity contribution in [2.24, 2.45) is 0 Å². The van der Waals surface area contributed by atoms with Crippen LogP contribution in [0.4, 0.5) is 5.69 Å². The van der Waals surface area contributed by atoms with E-state index >= 15 is 0 Å². The zero-order valence-electron chi connectivity index (χ0n) is 12.0. The number of nitrogens with one attached hydrogen (secondary N) is 1. The number of aromatic carboxylic acids is 1. The Balaban J connectivity index is 2.13. The van der Waals surface area contributed by atoms with Crippen LogP contribution in [0.3, 0.4) is 0 Å². The van der Waals surface area contributed by atoms with Gasteiger partial charge < -0.3 is 10.4 Å². The van der Waals surface area contributed by atoms with Gasteiger partial charge in [-0.3, -0.25) is 4.79 Å². The van der Waals surface area contributed by atoms with Gasteiger partial charge in [0.2, 0.25) is 5.91 Å². The van der Waals surface area contributed by atoms with Crippen LogP contribution in [0, 0.1) is 13.8 Å². The fraction of sp³-hybridized carbons (Fsp3) is 0.267. The van der Waals surface area contributed by atoms with Gasteiger partial charge in [-0.25, -0.2) is 9.78 Å². The number of nitrogens with zero attached hydrogens (tertiary/aromatic N) is 1. The summed E-state index contributed by atoms with van der Waals surface area (Å²) in [7, 11) is 0. The minimum Gasteiger partial charge on any atom is -0.477 e. The summed E-state index contributed by atoms with van der Waals surface area (Å²) in [5.41, 5.74) is 2.27. The lowest BCUT2D eigenvalue weighted by Crippen LogP contribution is -2.18. The molecule has 5 nitrogen and oxygen atoms in total. The topological polar surface area (TPSA) is 79.3 Å². The number of carbonyl (C=O) groups excluding carboxylic acids is 1. The van der Waals surface area contributed by atoms with E-state index in [0.717, 1.165) is 16.9 Å². The Morgan fingerprint density at radius 3 is 2.38 bits per heavy atom. The summed E-state index contributed by atoms with van der Waals surface area (Å²) in [6.07, 6.45) is 0. The number of benzene rings is 1. The maximum Gasteiger partial charge on any atom is 0.347 e. The molecule has 0 fully saturated rings. The number of carboxylic acids is 1. The molecule has 2 rings (SSSR count). The molecule has 6 heteroatoms. The highest BCUT2D eigenvalue weighted by atomic mass is 32.1. The van der Waals surface area contributed by atoms with Crippen LogP contribution in [-0.4, -0.2) is 22.0 Å². The smallest absolute Gasteiger partial charge is 0.347 e. The van der Waals surface area contributed by atoms with Crippen LogP contribution in [0.2, 0.25) is 0 Å². The summed E-state index contributed by atoms with van der Waals surface area (Å²) in [5.74, 6) is -1.71. The molecule has 2 N–H and O–H groups in total. The Labute approximate surface area is 126 Å². The van der Waals surface area contributed by atoms with E-state index in [1.165, 1.54) is 0 Å². The molecule has 1 aromatic carbocycles. The Morgan fingerprint density at radius 2 is 1.86 bits per heavy atom. The van der Waals surface area contributed by atoms with Crippen molar-refractivity contribution in [3.63, 3.8) is 0 Å². The minimum absolute atomic E-state index is 0.181. The highest BCUT2D eigenvalue weighted by Crippen LogP contribution is 2.26. The standard InChI is InChI=1S/C15H16N2O3S/c1-8-4-6-11(7-5-8)17-13(18)9(2)14-16-10(3)12(21-14)15(19)20/h4-7,9H,1-3H3,(H,17,18)(H,19,20). The molecular formula is C15H16N2O3S. The van der Waals surface area contributed by atoms with Crippen molar-refractivity contribution in [1.29, 1.82) is 0 Å². The number of rotatable bonds is 4. The average Bonchev–Trinajstić information content (AvgIpc) is 2.82. The van der Waals surface area contributed by atoms with Crippen LogP contribution in [0.15, 0.2) is 24.3 Å². The highest BCUT2D eigenvalue weighted by molar-refractivity contribution is 7.13. The van der Waals surface area contributed by atoms with E-state index < -0.39 is 11.9 Å². The van der Waals surface area contributed by atoms with E-state index in [9.17, 15) is 9.59 Å². The van der Waals surface area contributed by atoms with Gasteiger partial charge in [-0.1, -0.05) is 17.7 Å². The van der Waals surface area contributed by atoms with E-state index in [4.69, 9.17) is 5.11 Å². The van der Waals surface area contributed by atoms with Gasteiger partial charge in [0.1, 0.15) is 9.88 Å². The van der Waals surface area contributed by atoms with Crippen molar-refractivity contribution in [1.82, 2.24) is 4.98 Å². The summed E-state index contributed by atoms with van der Waals surface area (Å²) in [5, 5.41) is 12.3. The van der Waals surface area contributed by atoms with Crippen LogP contribution >= 0.6 is 11.3 Å². The third-order valence-electron chi connectivity index (χ3n) is 3.09. The van der Waals surface area contributed by atoms with Gasteiger partial charge in [-0.05, 0) is 32.9 Å². The average molecular weight is 304 g/mol. The third-order valence-corrected chi connectivity index (χ3v) is 4.42. The van der Waals surface area contributed by atoms with Crippen LogP contribution in [0.5, 0.6) is 0 Å². The molecule has 2 aromatic rings. The molecule has 0 saturated heterocycles. The molecule has 1 aromatic heterocycles. The molecular weight excluding hydrogens is 288 g/mol. The van der Waals surface area contributed by atoms with E-state index in [0.29, 0.717) is 16.4 Å². The Morgan fingerprint density at radius 1 is 1.24 bits per heavy atom. The molecule has 0 saturated carbocycles. The number of aromatic nitrogens is 1. The van der Waals surface area contributed by atoms with Crippen molar-refractivity contribution < 1.29 is 14.7 Å². The predicted molar refractivity (Wildman–Crippen MR) is 82.0 cm³/mol. The van der Waals surface area contributed by atoms with Crippen molar-refractivity contribution in [3.8, 4) is 0 Å². The number of amides is 1.